The summed E-state index contributed by atoms with van der Waals surface area (Å²) in [5.74, 6) is 0.0379. The Morgan fingerprint density at radius 2 is 1.81 bits per heavy atom. The van der Waals surface area contributed by atoms with Crippen molar-refractivity contribution in [3.05, 3.63) is 65.7 Å². The van der Waals surface area contributed by atoms with E-state index < -0.39 is 6.04 Å². The van der Waals surface area contributed by atoms with Crippen molar-refractivity contribution in [2.45, 2.75) is 25.3 Å². The van der Waals surface area contributed by atoms with Gasteiger partial charge in [0.25, 0.3) is 0 Å². The maximum Gasteiger partial charge on any atom is 0.243 e. The van der Waals surface area contributed by atoms with Crippen LogP contribution in [0.5, 0.6) is 0 Å². The SMILES string of the molecule is N[C@@H](CCc1ccccc1)C(=O)N1CCc2ccccc21. The number of fused-ring (bicyclic) bond motifs is 1. The summed E-state index contributed by atoms with van der Waals surface area (Å²) in [5, 5.41) is 0. The van der Waals surface area contributed by atoms with Crippen LogP contribution < -0.4 is 10.6 Å². The van der Waals surface area contributed by atoms with Crippen LogP contribution in [0.15, 0.2) is 54.6 Å². The first-order valence-electron chi connectivity index (χ1n) is 7.44. The molecule has 2 aromatic carbocycles. The molecule has 0 aromatic heterocycles. The molecule has 2 N–H and O–H groups in total. The zero-order chi connectivity index (χ0) is 14.7. The lowest BCUT2D eigenvalue weighted by molar-refractivity contribution is -0.119. The highest BCUT2D eigenvalue weighted by atomic mass is 16.2. The number of amides is 1. The molecule has 21 heavy (non-hydrogen) atoms. The van der Waals surface area contributed by atoms with E-state index in [1.54, 1.807) is 0 Å². The third kappa shape index (κ3) is 2.98. The van der Waals surface area contributed by atoms with Crippen LogP contribution in [0.3, 0.4) is 0 Å². The first-order chi connectivity index (χ1) is 10.3. The molecule has 1 atom stereocenters. The number of aryl methyl sites for hydroxylation is 1. The van der Waals surface area contributed by atoms with E-state index in [1.807, 2.05) is 41.3 Å². The minimum absolute atomic E-state index is 0.0379. The number of para-hydroxylation sites is 1. The Morgan fingerprint density at radius 1 is 1.10 bits per heavy atom. The number of benzene rings is 2. The fourth-order valence-corrected chi connectivity index (χ4v) is 2.86. The van der Waals surface area contributed by atoms with Gasteiger partial charge in [-0.05, 0) is 36.5 Å². The van der Waals surface area contributed by atoms with Crippen molar-refractivity contribution in [2.75, 3.05) is 11.4 Å². The maximum atomic E-state index is 12.5. The van der Waals surface area contributed by atoms with Crippen LogP contribution in [-0.4, -0.2) is 18.5 Å². The van der Waals surface area contributed by atoms with Crippen LogP contribution in [0.2, 0.25) is 0 Å². The third-order valence-corrected chi connectivity index (χ3v) is 4.06. The minimum Gasteiger partial charge on any atom is -0.320 e. The first kappa shape index (κ1) is 13.8. The van der Waals surface area contributed by atoms with E-state index in [-0.39, 0.29) is 5.91 Å². The van der Waals surface area contributed by atoms with E-state index in [0.717, 1.165) is 25.1 Å². The number of rotatable bonds is 4. The predicted octanol–water partition coefficient (Wildman–Crippen LogP) is 2.54. The molecular weight excluding hydrogens is 260 g/mol. The zero-order valence-electron chi connectivity index (χ0n) is 12.0. The molecule has 3 nitrogen and oxygen atoms in total. The molecule has 1 heterocycles. The third-order valence-electron chi connectivity index (χ3n) is 4.06. The van der Waals surface area contributed by atoms with Crippen molar-refractivity contribution in [1.29, 1.82) is 0 Å². The Morgan fingerprint density at radius 3 is 2.62 bits per heavy atom. The lowest BCUT2D eigenvalue weighted by atomic mass is 10.0. The summed E-state index contributed by atoms with van der Waals surface area (Å²) in [5.41, 5.74) is 9.60. The summed E-state index contributed by atoms with van der Waals surface area (Å²) in [4.78, 5) is 14.4. The lowest BCUT2D eigenvalue weighted by Crippen LogP contribution is -2.43. The molecule has 0 unspecified atom stereocenters. The van der Waals surface area contributed by atoms with Gasteiger partial charge in [-0.15, -0.1) is 0 Å². The monoisotopic (exact) mass is 280 g/mol. The number of carbonyl (C=O) groups excluding carboxylic acids is 1. The van der Waals surface area contributed by atoms with Gasteiger partial charge in [0, 0.05) is 12.2 Å². The van der Waals surface area contributed by atoms with Crippen LogP contribution in [-0.2, 0) is 17.6 Å². The predicted molar refractivity (Wildman–Crippen MR) is 85.2 cm³/mol. The van der Waals surface area contributed by atoms with Crippen LogP contribution in [0.25, 0.3) is 0 Å². The molecule has 1 amide bonds. The van der Waals surface area contributed by atoms with Gasteiger partial charge in [0.1, 0.15) is 0 Å². The van der Waals surface area contributed by atoms with Gasteiger partial charge >= 0.3 is 0 Å². The second-order valence-corrected chi connectivity index (χ2v) is 5.50. The largest absolute Gasteiger partial charge is 0.320 e. The Kier molecular flexibility index (Phi) is 4.02. The molecule has 0 spiro atoms. The van der Waals surface area contributed by atoms with Gasteiger partial charge in [-0.3, -0.25) is 4.79 Å². The van der Waals surface area contributed by atoms with E-state index in [1.165, 1.54) is 11.1 Å². The van der Waals surface area contributed by atoms with Crippen LogP contribution in [0.4, 0.5) is 5.69 Å². The molecule has 0 radical (unpaired) electrons. The standard InChI is InChI=1S/C18H20N2O/c19-16(11-10-14-6-2-1-3-7-14)18(21)20-13-12-15-8-4-5-9-17(15)20/h1-9,16H,10-13,19H2/t16-/m0/s1. The average molecular weight is 280 g/mol. The normalized spacial score (nSPS) is 14.8. The van der Waals surface area contributed by atoms with Crippen LogP contribution in [0, 0.1) is 0 Å². The van der Waals surface area contributed by atoms with Gasteiger partial charge in [0.05, 0.1) is 6.04 Å². The number of carbonyl (C=O) groups is 1. The molecular formula is C18H20N2O. The van der Waals surface area contributed by atoms with Gasteiger partial charge < -0.3 is 10.6 Å². The molecule has 1 aliphatic heterocycles. The molecule has 0 saturated carbocycles. The van der Waals surface area contributed by atoms with Gasteiger partial charge in [-0.25, -0.2) is 0 Å². The van der Waals surface area contributed by atoms with Crippen LogP contribution in [0.1, 0.15) is 17.5 Å². The molecule has 0 aliphatic carbocycles. The van der Waals surface area contributed by atoms with E-state index >= 15 is 0 Å². The van der Waals surface area contributed by atoms with E-state index in [2.05, 4.69) is 18.2 Å². The summed E-state index contributed by atoms with van der Waals surface area (Å²) in [6, 6.07) is 17.8. The summed E-state index contributed by atoms with van der Waals surface area (Å²) in [6.45, 7) is 0.747. The van der Waals surface area contributed by atoms with Crippen molar-refractivity contribution in [3.8, 4) is 0 Å². The number of anilines is 1. The van der Waals surface area contributed by atoms with E-state index in [4.69, 9.17) is 5.73 Å². The number of hydrogen-bond donors (Lipinski definition) is 1. The van der Waals surface area contributed by atoms with Gasteiger partial charge in [0.15, 0.2) is 0 Å². The molecule has 0 bridgehead atoms. The number of hydrogen-bond acceptors (Lipinski definition) is 2. The smallest absolute Gasteiger partial charge is 0.243 e. The maximum absolute atomic E-state index is 12.5. The Bertz CT molecular complexity index is 624. The van der Waals surface area contributed by atoms with Crippen molar-refractivity contribution < 1.29 is 4.79 Å². The number of nitrogens with two attached hydrogens (primary N) is 1. The van der Waals surface area contributed by atoms with E-state index in [9.17, 15) is 4.79 Å². The topological polar surface area (TPSA) is 46.3 Å². The molecule has 0 saturated heterocycles. The summed E-state index contributed by atoms with van der Waals surface area (Å²) in [6.07, 6.45) is 2.44. The molecule has 3 heteroatoms. The van der Waals surface area contributed by atoms with E-state index in [0.29, 0.717) is 6.42 Å². The highest BCUT2D eigenvalue weighted by molar-refractivity contribution is 5.98. The summed E-state index contributed by atoms with van der Waals surface area (Å²) < 4.78 is 0. The molecule has 0 fully saturated rings. The minimum atomic E-state index is -0.434. The Balaban J connectivity index is 1.63. The lowest BCUT2D eigenvalue weighted by Gasteiger charge is -2.21. The number of nitrogens with zero attached hydrogens (tertiary/aromatic N) is 1. The zero-order valence-corrected chi connectivity index (χ0v) is 12.0. The quantitative estimate of drug-likeness (QED) is 0.935. The second kappa shape index (κ2) is 6.10. The fourth-order valence-electron chi connectivity index (χ4n) is 2.86. The second-order valence-electron chi connectivity index (χ2n) is 5.50. The highest BCUT2D eigenvalue weighted by Gasteiger charge is 2.27. The summed E-state index contributed by atoms with van der Waals surface area (Å²) in [7, 11) is 0. The van der Waals surface area contributed by atoms with Gasteiger partial charge in [-0.2, -0.15) is 0 Å². The van der Waals surface area contributed by atoms with Crippen molar-refractivity contribution in [2.24, 2.45) is 5.73 Å². The van der Waals surface area contributed by atoms with Crippen molar-refractivity contribution in [1.82, 2.24) is 0 Å². The molecule has 2 aromatic rings. The van der Waals surface area contributed by atoms with Crippen molar-refractivity contribution >= 4 is 11.6 Å². The Labute approximate surface area is 125 Å². The highest BCUT2D eigenvalue weighted by Crippen LogP contribution is 2.28. The molecule has 108 valence electrons. The van der Waals surface area contributed by atoms with Gasteiger partial charge in [0.2, 0.25) is 5.91 Å². The van der Waals surface area contributed by atoms with Gasteiger partial charge in [-0.1, -0.05) is 48.5 Å². The fraction of sp³-hybridized carbons (Fsp3) is 0.278. The molecule has 1 aliphatic rings. The average Bonchev–Trinajstić information content (AvgIpc) is 2.97. The Hall–Kier alpha value is -2.13. The molecule has 3 rings (SSSR count). The van der Waals surface area contributed by atoms with Crippen molar-refractivity contribution in [3.63, 3.8) is 0 Å². The summed E-state index contributed by atoms with van der Waals surface area (Å²) >= 11 is 0. The first-order valence-corrected chi connectivity index (χ1v) is 7.44. The van der Waals surface area contributed by atoms with Crippen LogP contribution >= 0.6 is 0 Å².